The fourth-order valence-corrected chi connectivity index (χ4v) is 2.36. The molecule has 0 aliphatic heterocycles. The SMILES string of the molecule is COC(C)(C)[C@H](O)CCC(C)=CCOc1ccc2ccc(=O)oc2c1. The predicted octanol–water partition coefficient (Wildman–Crippen LogP) is 3.68. The van der Waals surface area contributed by atoms with Crippen LogP contribution in [0.2, 0.25) is 0 Å². The van der Waals surface area contributed by atoms with E-state index < -0.39 is 11.7 Å². The van der Waals surface area contributed by atoms with Crippen LogP contribution in [0.25, 0.3) is 11.0 Å². The Morgan fingerprint density at radius 3 is 2.76 bits per heavy atom. The maximum absolute atomic E-state index is 11.3. The van der Waals surface area contributed by atoms with Gasteiger partial charge in [0.1, 0.15) is 17.9 Å². The van der Waals surface area contributed by atoms with Crippen molar-refractivity contribution in [3.63, 3.8) is 0 Å². The van der Waals surface area contributed by atoms with Crippen LogP contribution in [0.15, 0.2) is 51.2 Å². The summed E-state index contributed by atoms with van der Waals surface area (Å²) in [5.74, 6) is 0.645. The van der Waals surface area contributed by atoms with Crippen molar-refractivity contribution in [3.05, 3.63) is 52.4 Å². The van der Waals surface area contributed by atoms with Crippen molar-refractivity contribution in [2.24, 2.45) is 0 Å². The van der Waals surface area contributed by atoms with E-state index in [2.05, 4.69) is 0 Å². The Hall–Kier alpha value is -2.11. The quantitative estimate of drug-likeness (QED) is 0.583. The first-order chi connectivity index (χ1) is 11.8. The molecular weight excluding hydrogens is 320 g/mol. The lowest BCUT2D eigenvalue weighted by atomic mass is 9.95. The molecule has 2 rings (SSSR count). The van der Waals surface area contributed by atoms with E-state index >= 15 is 0 Å². The summed E-state index contributed by atoms with van der Waals surface area (Å²) in [5, 5.41) is 11.0. The second-order valence-electron chi connectivity index (χ2n) is 6.68. The lowest BCUT2D eigenvalue weighted by Crippen LogP contribution is -2.37. The van der Waals surface area contributed by atoms with Gasteiger partial charge in [-0.2, -0.15) is 0 Å². The van der Waals surface area contributed by atoms with Gasteiger partial charge in [-0.15, -0.1) is 0 Å². The average Bonchev–Trinajstić information content (AvgIpc) is 2.59. The number of rotatable bonds is 8. The van der Waals surface area contributed by atoms with Crippen LogP contribution in [-0.2, 0) is 4.74 Å². The summed E-state index contributed by atoms with van der Waals surface area (Å²) in [4.78, 5) is 11.3. The van der Waals surface area contributed by atoms with E-state index in [1.54, 1.807) is 19.2 Å². The minimum absolute atomic E-state index is 0.377. The Kier molecular flexibility index (Phi) is 6.39. The number of ether oxygens (including phenoxy) is 2. The van der Waals surface area contributed by atoms with Crippen molar-refractivity contribution in [1.82, 2.24) is 0 Å². The average molecular weight is 346 g/mol. The van der Waals surface area contributed by atoms with Crippen molar-refractivity contribution in [2.45, 2.75) is 45.3 Å². The van der Waals surface area contributed by atoms with Gasteiger partial charge in [0, 0.05) is 24.6 Å². The molecular formula is C20H26O5. The summed E-state index contributed by atoms with van der Waals surface area (Å²) in [7, 11) is 1.60. The zero-order valence-electron chi connectivity index (χ0n) is 15.2. The van der Waals surface area contributed by atoms with Gasteiger partial charge in [0.05, 0.1) is 11.7 Å². The van der Waals surface area contributed by atoms with Crippen molar-refractivity contribution in [1.29, 1.82) is 0 Å². The van der Waals surface area contributed by atoms with Crippen LogP contribution in [-0.4, -0.2) is 30.5 Å². The third kappa shape index (κ3) is 5.44. The number of aliphatic hydroxyl groups excluding tert-OH is 1. The summed E-state index contributed by atoms with van der Waals surface area (Å²) in [6.45, 7) is 6.17. The zero-order valence-corrected chi connectivity index (χ0v) is 15.2. The molecule has 25 heavy (non-hydrogen) atoms. The van der Waals surface area contributed by atoms with Crippen LogP contribution in [0, 0.1) is 0 Å². The molecule has 0 amide bonds. The molecule has 0 aliphatic carbocycles. The highest BCUT2D eigenvalue weighted by Crippen LogP contribution is 2.21. The van der Waals surface area contributed by atoms with Crippen LogP contribution in [0.3, 0.4) is 0 Å². The third-order valence-corrected chi connectivity index (χ3v) is 4.42. The molecule has 0 bridgehead atoms. The van der Waals surface area contributed by atoms with Gasteiger partial charge in [-0.25, -0.2) is 4.79 Å². The van der Waals surface area contributed by atoms with Gasteiger partial charge < -0.3 is 19.0 Å². The Bertz CT molecular complexity index is 788. The number of methoxy groups -OCH3 is 1. The molecule has 1 N–H and O–H groups in total. The molecule has 0 radical (unpaired) electrons. The molecule has 1 aromatic carbocycles. The largest absolute Gasteiger partial charge is 0.489 e. The maximum Gasteiger partial charge on any atom is 0.336 e. The van der Waals surface area contributed by atoms with Crippen molar-refractivity contribution >= 4 is 11.0 Å². The number of aliphatic hydroxyl groups is 1. The lowest BCUT2D eigenvalue weighted by molar-refractivity contribution is -0.0797. The minimum Gasteiger partial charge on any atom is -0.489 e. The van der Waals surface area contributed by atoms with Crippen molar-refractivity contribution in [2.75, 3.05) is 13.7 Å². The van der Waals surface area contributed by atoms with Gasteiger partial charge in [0.25, 0.3) is 0 Å². The topological polar surface area (TPSA) is 68.9 Å². The molecule has 5 nitrogen and oxygen atoms in total. The van der Waals surface area contributed by atoms with E-state index in [1.165, 1.54) is 6.07 Å². The van der Waals surface area contributed by atoms with Crippen LogP contribution in [0.4, 0.5) is 0 Å². The van der Waals surface area contributed by atoms with Gasteiger partial charge >= 0.3 is 5.63 Å². The Morgan fingerprint density at radius 2 is 2.04 bits per heavy atom. The summed E-state index contributed by atoms with van der Waals surface area (Å²) >= 11 is 0. The minimum atomic E-state index is -0.550. The molecule has 0 unspecified atom stereocenters. The van der Waals surface area contributed by atoms with Gasteiger partial charge in [0.2, 0.25) is 0 Å². The zero-order chi connectivity index (χ0) is 18.4. The molecule has 1 heterocycles. The highest BCUT2D eigenvalue weighted by atomic mass is 16.5. The van der Waals surface area contributed by atoms with E-state index in [0.29, 0.717) is 24.4 Å². The van der Waals surface area contributed by atoms with Gasteiger partial charge in [0.15, 0.2) is 0 Å². The second kappa shape index (κ2) is 8.32. The number of hydrogen-bond acceptors (Lipinski definition) is 5. The number of fused-ring (bicyclic) bond motifs is 1. The number of hydrogen-bond donors (Lipinski definition) is 1. The smallest absolute Gasteiger partial charge is 0.336 e. The van der Waals surface area contributed by atoms with Crippen LogP contribution in [0.5, 0.6) is 5.75 Å². The monoisotopic (exact) mass is 346 g/mol. The fraction of sp³-hybridized carbons (Fsp3) is 0.450. The Labute approximate surface area is 147 Å². The first-order valence-electron chi connectivity index (χ1n) is 8.37. The Morgan fingerprint density at radius 1 is 1.32 bits per heavy atom. The maximum atomic E-state index is 11.3. The molecule has 0 spiro atoms. The van der Waals surface area contributed by atoms with Gasteiger partial charge in [-0.1, -0.05) is 5.57 Å². The summed E-state index contributed by atoms with van der Waals surface area (Å²) in [6, 6.07) is 8.53. The second-order valence-corrected chi connectivity index (χ2v) is 6.68. The van der Waals surface area contributed by atoms with Crippen molar-refractivity contribution in [3.8, 4) is 5.75 Å². The van der Waals surface area contributed by atoms with Gasteiger partial charge in [-0.3, -0.25) is 0 Å². The number of allylic oxidation sites excluding steroid dienone is 1. The molecule has 1 atom stereocenters. The first-order valence-corrected chi connectivity index (χ1v) is 8.37. The summed E-state index contributed by atoms with van der Waals surface area (Å²) < 4.78 is 16.1. The molecule has 136 valence electrons. The van der Waals surface area contributed by atoms with E-state index in [9.17, 15) is 9.90 Å². The van der Waals surface area contributed by atoms with E-state index in [4.69, 9.17) is 13.9 Å². The van der Waals surface area contributed by atoms with Crippen LogP contribution in [0.1, 0.15) is 33.6 Å². The molecule has 1 aromatic heterocycles. The van der Waals surface area contributed by atoms with Crippen LogP contribution >= 0.6 is 0 Å². The third-order valence-electron chi connectivity index (χ3n) is 4.42. The van der Waals surface area contributed by atoms with Gasteiger partial charge in [-0.05, 0) is 57.9 Å². The molecule has 2 aromatic rings. The summed E-state index contributed by atoms with van der Waals surface area (Å²) in [5.41, 5.74) is 0.720. The van der Waals surface area contributed by atoms with Crippen LogP contribution < -0.4 is 10.4 Å². The van der Waals surface area contributed by atoms with E-state index in [0.717, 1.165) is 17.4 Å². The highest BCUT2D eigenvalue weighted by Gasteiger charge is 2.26. The lowest BCUT2D eigenvalue weighted by Gasteiger charge is -2.29. The highest BCUT2D eigenvalue weighted by molar-refractivity contribution is 5.77. The first kappa shape index (κ1) is 19.2. The predicted molar refractivity (Wildman–Crippen MR) is 98.1 cm³/mol. The van der Waals surface area contributed by atoms with E-state index in [1.807, 2.05) is 39.0 Å². The summed E-state index contributed by atoms with van der Waals surface area (Å²) in [6.07, 6.45) is 2.86. The molecule has 5 heteroatoms. The molecule has 0 saturated heterocycles. The standard InChI is InChI=1S/C20H26O5/c1-14(5-9-18(21)20(2,3)23-4)11-12-24-16-8-6-15-7-10-19(22)25-17(15)13-16/h6-8,10-11,13,18,21H,5,9,12H2,1-4H3/t18-/m1/s1. The Balaban J connectivity index is 1.88. The fourth-order valence-electron chi connectivity index (χ4n) is 2.36. The number of benzene rings is 1. The van der Waals surface area contributed by atoms with E-state index in [-0.39, 0.29) is 5.63 Å². The van der Waals surface area contributed by atoms with Crippen molar-refractivity contribution < 1.29 is 19.0 Å². The molecule has 0 saturated carbocycles. The molecule has 0 aliphatic rings. The molecule has 0 fully saturated rings. The normalized spacial score (nSPS) is 13.9.